The van der Waals surface area contributed by atoms with Crippen molar-refractivity contribution in [3.8, 4) is 5.75 Å². The van der Waals surface area contributed by atoms with Gasteiger partial charge in [0.05, 0.1) is 19.1 Å². The lowest BCUT2D eigenvalue weighted by Crippen LogP contribution is -2.52. The van der Waals surface area contributed by atoms with Crippen LogP contribution in [0.2, 0.25) is 0 Å². The molecule has 0 aromatic heterocycles. The van der Waals surface area contributed by atoms with Gasteiger partial charge in [0.2, 0.25) is 5.91 Å². The normalized spacial score (nSPS) is 21.0. The number of carbonyl (C=O) groups excluding carboxylic acids is 2. The minimum Gasteiger partial charge on any atom is -0.484 e. The number of ether oxygens (including phenoxy) is 2. The van der Waals surface area contributed by atoms with Crippen LogP contribution in [0, 0.1) is 0 Å². The van der Waals surface area contributed by atoms with Crippen LogP contribution in [0.3, 0.4) is 0 Å². The summed E-state index contributed by atoms with van der Waals surface area (Å²) < 4.78 is 11.1. The van der Waals surface area contributed by atoms with E-state index in [9.17, 15) is 9.59 Å². The van der Waals surface area contributed by atoms with Crippen LogP contribution in [0.5, 0.6) is 5.75 Å². The second kappa shape index (κ2) is 8.82. The van der Waals surface area contributed by atoms with E-state index in [1.165, 1.54) is 0 Å². The largest absolute Gasteiger partial charge is 0.484 e. The minimum atomic E-state index is -0.0456. The molecule has 7 heteroatoms. The number of benzene rings is 1. The minimum absolute atomic E-state index is 0.0273. The van der Waals surface area contributed by atoms with Gasteiger partial charge in [0, 0.05) is 39.3 Å². The zero-order valence-corrected chi connectivity index (χ0v) is 14.4. The molecule has 2 heterocycles. The third-order valence-electron chi connectivity index (χ3n) is 4.50. The predicted molar refractivity (Wildman–Crippen MR) is 92.3 cm³/mol. The van der Waals surface area contributed by atoms with Crippen molar-refractivity contribution in [2.45, 2.75) is 12.5 Å². The molecule has 1 N–H and O–H groups in total. The van der Waals surface area contributed by atoms with Crippen molar-refractivity contribution in [3.63, 3.8) is 0 Å². The monoisotopic (exact) mass is 347 g/mol. The van der Waals surface area contributed by atoms with E-state index in [-0.39, 0.29) is 24.5 Å². The van der Waals surface area contributed by atoms with Crippen LogP contribution in [0.4, 0.5) is 0 Å². The van der Waals surface area contributed by atoms with Gasteiger partial charge in [-0.1, -0.05) is 18.2 Å². The van der Waals surface area contributed by atoms with E-state index in [0.717, 1.165) is 13.1 Å². The molecule has 2 fully saturated rings. The molecule has 2 amide bonds. The lowest BCUT2D eigenvalue weighted by atomic mass is 10.2. The Morgan fingerprint density at radius 1 is 1.08 bits per heavy atom. The van der Waals surface area contributed by atoms with Crippen LogP contribution in [-0.4, -0.2) is 80.2 Å². The molecule has 2 aliphatic rings. The Hall–Kier alpha value is -2.12. The molecular weight excluding hydrogens is 322 g/mol. The molecule has 25 heavy (non-hydrogen) atoms. The van der Waals surface area contributed by atoms with Crippen LogP contribution in [0.25, 0.3) is 0 Å². The number of para-hydroxylation sites is 1. The smallest absolute Gasteiger partial charge is 0.260 e. The van der Waals surface area contributed by atoms with Gasteiger partial charge in [-0.2, -0.15) is 0 Å². The van der Waals surface area contributed by atoms with Gasteiger partial charge in [0.25, 0.3) is 5.91 Å². The fourth-order valence-corrected chi connectivity index (χ4v) is 3.03. The molecule has 7 nitrogen and oxygen atoms in total. The van der Waals surface area contributed by atoms with Crippen molar-refractivity contribution in [2.75, 3.05) is 52.5 Å². The van der Waals surface area contributed by atoms with E-state index in [4.69, 9.17) is 9.47 Å². The number of nitrogens with one attached hydrogen (secondary N) is 1. The summed E-state index contributed by atoms with van der Waals surface area (Å²) in [5.41, 5.74) is 0. The maximum absolute atomic E-state index is 12.3. The second-order valence-electron chi connectivity index (χ2n) is 6.26. The number of morpholine rings is 1. The van der Waals surface area contributed by atoms with E-state index in [1.54, 1.807) is 4.90 Å². The average Bonchev–Trinajstić information content (AvgIpc) is 2.68. The maximum atomic E-state index is 12.3. The van der Waals surface area contributed by atoms with Gasteiger partial charge in [-0.15, -0.1) is 0 Å². The molecule has 0 bridgehead atoms. The second-order valence-corrected chi connectivity index (χ2v) is 6.26. The molecule has 0 saturated carbocycles. The van der Waals surface area contributed by atoms with Gasteiger partial charge in [0.1, 0.15) is 5.75 Å². The summed E-state index contributed by atoms with van der Waals surface area (Å²) in [5, 5.41) is 3.23. The van der Waals surface area contributed by atoms with E-state index < -0.39 is 0 Å². The van der Waals surface area contributed by atoms with Crippen molar-refractivity contribution in [3.05, 3.63) is 30.3 Å². The maximum Gasteiger partial charge on any atom is 0.260 e. The number of hydrogen-bond acceptors (Lipinski definition) is 5. The Balaban J connectivity index is 1.38. The standard InChI is InChI=1S/C18H25N3O4/c22-17(12-16-13-19-6-11-24-16)20-7-9-21(10-8-20)18(23)14-25-15-4-2-1-3-5-15/h1-5,16,19H,6-14H2/t16-/m0/s1. The summed E-state index contributed by atoms with van der Waals surface area (Å²) in [6.45, 7) is 4.48. The molecule has 0 aliphatic carbocycles. The Bertz CT molecular complexity index is 567. The zero-order valence-electron chi connectivity index (χ0n) is 14.4. The molecule has 0 spiro atoms. The van der Waals surface area contributed by atoms with Gasteiger partial charge in [-0.25, -0.2) is 0 Å². The summed E-state index contributed by atoms with van der Waals surface area (Å²) in [5.74, 6) is 0.739. The third-order valence-corrected chi connectivity index (χ3v) is 4.50. The molecule has 2 saturated heterocycles. The summed E-state index contributed by atoms with van der Waals surface area (Å²) >= 11 is 0. The van der Waals surface area contributed by atoms with E-state index >= 15 is 0 Å². The Morgan fingerprint density at radius 3 is 2.40 bits per heavy atom. The molecule has 0 unspecified atom stereocenters. The van der Waals surface area contributed by atoms with E-state index in [1.807, 2.05) is 35.2 Å². The number of nitrogens with zero attached hydrogens (tertiary/aromatic N) is 2. The molecule has 1 atom stereocenters. The van der Waals surface area contributed by atoms with Crippen molar-refractivity contribution < 1.29 is 19.1 Å². The summed E-state index contributed by atoms with van der Waals surface area (Å²) in [6.07, 6.45) is 0.359. The third kappa shape index (κ3) is 5.17. The van der Waals surface area contributed by atoms with Crippen LogP contribution in [0.1, 0.15) is 6.42 Å². The van der Waals surface area contributed by atoms with E-state index in [2.05, 4.69) is 5.32 Å². The van der Waals surface area contributed by atoms with Crippen molar-refractivity contribution in [1.82, 2.24) is 15.1 Å². The summed E-state index contributed by atoms with van der Waals surface area (Å²) in [4.78, 5) is 28.2. The molecule has 0 radical (unpaired) electrons. The number of piperazine rings is 1. The first-order valence-electron chi connectivity index (χ1n) is 8.78. The number of carbonyl (C=O) groups is 2. The van der Waals surface area contributed by atoms with E-state index in [0.29, 0.717) is 45.0 Å². The van der Waals surface area contributed by atoms with Gasteiger partial charge in [-0.3, -0.25) is 9.59 Å². The van der Waals surface area contributed by atoms with Crippen LogP contribution >= 0.6 is 0 Å². The first-order chi connectivity index (χ1) is 12.2. The molecule has 1 aromatic carbocycles. The lowest BCUT2D eigenvalue weighted by molar-refractivity contribution is -0.142. The van der Waals surface area contributed by atoms with Gasteiger partial charge < -0.3 is 24.6 Å². The number of amides is 2. The van der Waals surface area contributed by atoms with Crippen molar-refractivity contribution in [1.29, 1.82) is 0 Å². The molecule has 136 valence electrons. The topological polar surface area (TPSA) is 71.1 Å². The van der Waals surface area contributed by atoms with Gasteiger partial charge in [-0.05, 0) is 12.1 Å². The molecule has 1 aromatic rings. The Morgan fingerprint density at radius 2 is 1.76 bits per heavy atom. The highest BCUT2D eigenvalue weighted by atomic mass is 16.5. The first kappa shape index (κ1) is 17.7. The highest BCUT2D eigenvalue weighted by molar-refractivity contribution is 5.79. The van der Waals surface area contributed by atoms with Gasteiger partial charge in [0.15, 0.2) is 6.61 Å². The number of hydrogen-bond donors (Lipinski definition) is 1. The van der Waals surface area contributed by atoms with Crippen molar-refractivity contribution in [2.24, 2.45) is 0 Å². The predicted octanol–water partition coefficient (Wildman–Crippen LogP) is 0.115. The Labute approximate surface area is 147 Å². The molecular formula is C18H25N3O4. The first-order valence-corrected chi connectivity index (χ1v) is 8.78. The van der Waals surface area contributed by atoms with Crippen molar-refractivity contribution >= 4 is 11.8 Å². The van der Waals surface area contributed by atoms with Crippen LogP contribution < -0.4 is 10.1 Å². The molecule has 2 aliphatic heterocycles. The van der Waals surface area contributed by atoms with Crippen LogP contribution in [0.15, 0.2) is 30.3 Å². The fourth-order valence-electron chi connectivity index (χ4n) is 3.03. The molecule has 3 rings (SSSR count). The number of rotatable bonds is 5. The Kier molecular flexibility index (Phi) is 6.25. The SMILES string of the molecule is O=C(COc1ccccc1)N1CCN(C(=O)C[C@H]2CNCCO2)CC1. The fraction of sp³-hybridized carbons (Fsp3) is 0.556. The van der Waals surface area contributed by atoms with Crippen LogP contribution in [-0.2, 0) is 14.3 Å². The highest BCUT2D eigenvalue weighted by Crippen LogP contribution is 2.11. The quantitative estimate of drug-likeness (QED) is 0.819. The zero-order chi connectivity index (χ0) is 17.5. The lowest BCUT2D eigenvalue weighted by Gasteiger charge is -2.35. The summed E-state index contributed by atoms with van der Waals surface area (Å²) in [7, 11) is 0. The highest BCUT2D eigenvalue weighted by Gasteiger charge is 2.26. The van der Waals surface area contributed by atoms with Gasteiger partial charge >= 0.3 is 0 Å². The summed E-state index contributed by atoms with van der Waals surface area (Å²) in [6, 6.07) is 9.29. The average molecular weight is 347 g/mol.